The van der Waals surface area contributed by atoms with Crippen LogP contribution in [0.15, 0.2) is 28.7 Å². The molecule has 2 fully saturated rings. The van der Waals surface area contributed by atoms with Gasteiger partial charge in [0.25, 0.3) is 0 Å². The number of nitrogens with one attached hydrogen (secondary N) is 1. The number of fused-ring (bicyclic) bond motifs is 1. The molecule has 0 spiro atoms. The number of hydrogen-bond donors (Lipinski definition) is 1. The molecule has 0 bridgehead atoms. The van der Waals surface area contributed by atoms with Crippen LogP contribution in [0.1, 0.15) is 51.1 Å². The third-order valence-electron chi connectivity index (χ3n) is 5.37. The lowest BCUT2D eigenvalue weighted by Crippen LogP contribution is -2.48. The van der Waals surface area contributed by atoms with Crippen molar-refractivity contribution in [1.29, 1.82) is 0 Å². The Hall–Kier alpha value is -1.69. The molecule has 25 heavy (non-hydrogen) atoms. The van der Waals surface area contributed by atoms with Crippen molar-refractivity contribution in [2.45, 2.75) is 51.6 Å². The predicted octanol–water partition coefficient (Wildman–Crippen LogP) is 3.19. The molecule has 1 saturated heterocycles. The number of hydrogen-bond acceptors (Lipinski definition) is 3. The fraction of sp³-hybridized carbons (Fsp3) is 0.526. The van der Waals surface area contributed by atoms with E-state index >= 15 is 0 Å². The van der Waals surface area contributed by atoms with E-state index in [9.17, 15) is 14.4 Å². The molecule has 6 heteroatoms. The normalized spacial score (nSPS) is 25.5. The van der Waals surface area contributed by atoms with Gasteiger partial charge in [0.15, 0.2) is 0 Å². The van der Waals surface area contributed by atoms with Gasteiger partial charge in [-0.3, -0.25) is 19.3 Å². The van der Waals surface area contributed by atoms with Gasteiger partial charge in [-0.25, -0.2) is 0 Å². The van der Waals surface area contributed by atoms with Gasteiger partial charge in [0, 0.05) is 4.47 Å². The number of halogens is 1. The van der Waals surface area contributed by atoms with Gasteiger partial charge in [-0.1, -0.05) is 47.0 Å². The average Bonchev–Trinajstić information content (AvgIpc) is 2.86. The maximum atomic E-state index is 12.6. The molecule has 134 valence electrons. The Kier molecular flexibility index (Phi) is 5.27. The largest absolute Gasteiger partial charge is 0.348 e. The zero-order chi connectivity index (χ0) is 18.1. The molecule has 5 nitrogen and oxygen atoms in total. The van der Waals surface area contributed by atoms with Crippen LogP contribution >= 0.6 is 15.9 Å². The predicted molar refractivity (Wildman–Crippen MR) is 97.5 cm³/mol. The van der Waals surface area contributed by atoms with Gasteiger partial charge < -0.3 is 5.32 Å². The molecule has 1 aliphatic heterocycles. The number of imide groups is 1. The highest BCUT2D eigenvalue weighted by atomic mass is 79.9. The molecule has 1 heterocycles. The summed E-state index contributed by atoms with van der Waals surface area (Å²) in [6.07, 6.45) is 3.47. The molecule has 1 aromatic rings. The number of likely N-dealkylation sites (tertiary alicyclic amines) is 1. The number of nitrogens with zero attached hydrogens (tertiary/aromatic N) is 1. The summed E-state index contributed by atoms with van der Waals surface area (Å²) in [5, 5.41) is 2.92. The molecule has 1 aromatic carbocycles. The maximum Gasteiger partial charge on any atom is 0.243 e. The number of rotatable bonds is 4. The summed E-state index contributed by atoms with van der Waals surface area (Å²) in [5.74, 6) is -1.10. The molecule has 0 radical (unpaired) electrons. The van der Waals surface area contributed by atoms with Crippen LogP contribution in [0, 0.1) is 11.8 Å². The summed E-state index contributed by atoms with van der Waals surface area (Å²) in [4.78, 5) is 39.1. The first kappa shape index (κ1) is 18.1. The summed E-state index contributed by atoms with van der Waals surface area (Å²) < 4.78 is 0.912. The van der Waals surface area contributed by atoms with E-state index in [1.807, 2.05) is 31.2 Å². The molecule has 1 saturated carbocycles. The summed E-state index contributed by atoms with van der Waals surface area (Å²) in [6.45, 7) is 3.52. The Bertz CT molecular complexity index is 682. The van der Waals surface area contributed by atoms with Crippen LogP contribution < -0.4 is 5.32 Å². The second-order valence-electron chi connectivity index (χ2n) is 6.97. The third kappa shape index (κ3) is 3.36. The number of carbonyl (C=O) groups is 3. The summed E-state index contributed by atoms with van der Waals surface area (Å²) in [5.41, 5.74) is 0.954. The van der Waals surface area contributed by atoms with E-state index in [-0.39, 0.29) is 35.6 Å². The van der Waals surface area contributed by atoms with E-state index in [1.165, 1.54) is 4.90 Å². The highest BCUT2D eigenvalue weighted by Crippen LogP contribution is 2.38. The van der Waals surface area contributed by atoms with Crippen LogP contribution in [0.4, 0.5) is 0 Å². The molecule has 1 aliphatic carbocycles. The van der Waals surface area contributed by atoms with Crippen LogP contribution in [-0.4, -0.2) is 28.7 Å². The lowest BCUT2D eigenvalue weighted by atomic mass is 9.81. The fourth-order valence-electron chi connectivity index (χ4n) is 3.92. The maximum absolute atomic E-state index is 12.6. The molecule has 3 amide bonds. The van der Waals surface area contributed by atoms with Gasteiger partial charge in [0.2, 0.25) is 17.7 Å². The zero-order valence-corrected chi connectivity index (χ0v) is 16.1. The highest BCUT2D eigenvalue weighted by Gasteiger charge is 2.50. The molecule has 4 atom stereocenters. The van der Waals surface area contributed by atoms with Gasteiger partial charge in [-0.2, -0.15) is 0 Å². The molecule has 2 aliphatic rings. The molecular formula is C19H23BrN2O3. The second-order valence-corrected chi connectivity index (χ2v) is 7.83. The van der Waals surface area contributed by atoms with E-state index in [0.717, 1.165) is 35.7 Å². The van der Waals surface area contributed by atoms with Crippen LogP contribution in [0.25, 0.3) is 0 Å². The molecule has 1 N–H and O–H groups in total. The fourth-order valence-corrected chi connectivity index (χ4v) is 4.55. The van der Waals surface area contributed by atoms with E-state index in [0.29, 0.717) is 0 Å². The van der Waals surface area contributed by atoms with E-state index in [2.05, 4.69) is 21.2 Å². The summed E-state index contributed by atoms with van der Waals surface area (Å²) in [7, 11) is 0. The number of benzene rings is 1. The lowest BCUT2D eigenvalue weighted by molar-refractivity contribution is -0.147. The Morgan fingerprint density at radius 1 is 1.12 bits per heavy atom. The van der Waals surface area contributed by atoms with Crippen LogP contribution in [-0.2, 0) is 14.4 Å². The Balaban J connectivity index is 1.71. The zero-order valence-electron chi connectivity index (χ0n) is 14.5. The Morgan fingerprint density at radius 3 is 2.24 bits per heavy atom. The van der Waals surface area contributed by atoms with Crippen LogP contribution in [0.2, 0.25) is 0 Å². The van der Waals surface area contributed by atoms with Crippen LogP contribution in [0.5, 0.6) is 0 Å². The Labute approximate surface area is 156 Å². The van der Waals surface area contributed by atoms with Crippen molar-refractivity contribution in [3.05, 3.63) is 34.3 Å². The van der Waals surface area contributed by atoms with E-state index in [4.69, 9.17) is 0 Å². The quantitative estimate of drug-likeness (QED) is 0.780. The van der Waals surface area contributed by atoms with Crippen molar-refractivity contribution >= 4 is 33.7 Å². The first-order chi connectivity index (χ1) is 11.9. The van der Waals surface area contributed by atoms with Crippen molar-refractivity contribution < 1.29 is 14.4 Å². The van der Waals surface area contributed by atoms with Gasteiger partial charge >= 0.3 is 0 Å². The van der Waals surface area contributed by atoms with E-state index in [1.54, 1.807) is 6.92 Å². The van der Waals surface area contributed by atoms with Crippen LogP contribution in [0.3, 0.4) is 0 Å². The monoisotopic (exact) mass is 406 g/mol. The number of carbonyl (C=O) groups excluding carboxylic acids is 3. The molecule has 3 rings (SSSR count). The van der Waals surface area contributed by atoms with Crippen molar-refractivity contribution in [1.82, 2.24) is 10.2 Å². The Morgan fingerprint density at radius 2 is 1.68 bits per heavy atom. The highest BCUT2D eigenvalue weighted by molar-refractivity contribution is 9.10. The molecule has 4 unspecified atom stereocenters. The van der Waals surface area contributed by atoms with Crippen molar-refractivity contribution in [2.75, 3.05) is 0 Å². The topological polar surface area (TPSA) is 66.5 Å². The third-order valence-corrected chi connectivity index (χ3v) is 6.09. The van der Waals surface area contributed by atoms with Crippen molar-refractivity contribution in [3.63, 3.8) is 0 Å². The van der Waals surface area contributed by atoms with Crippen molar-refractivity contribution in [2.24, 2.45) is 11.8 Å². The number of amides is 3. The lowest BCUT2D eigenvalue weighted by Gasteiger charge is -2.25. The smallest absolute Gasteiger partial charge is 0.243 e. The minimum Gasteiger partial charge on any atom is -0.348 e. The SMILES string of the molecule is CC(NC(=O)C(C)N1C(=O)C2CCCCC2C1=O)c1ccccc1Br. The van der Waals surface area contributed by atoms with Gasteiger partial charge in [-0.05, 0) is 38.3 Å². The minimum atomic E-state index is -0.782. The second kappa shape index (κ2) is 7.28. The average molecular weight is 407 g/mol. The van der Waals surface area contributed by atoms with E-state index < -0.39 is 6.04 Å². The minimum absolute atomic E-state index is 0.175. The van der Waals surface area contributed by atoms with Gasteiger partial charge in [-0.15, -0.1) is 0 Å². The molecule has 0 aromatic heterocycles. The van der Waals surface area contributed by atoms with Crippen molar-refractivity contribution in [3.8, 4) is 0 Å². The first-order valence-corrected chi connectivity index (χ1v) is 9.63. The molecular weight excluding hydrogens is 384 g/mol. The summed E-state index contributed by atoms with van der Waals surface area (Å²) >= 11 is 3.48. The standard InChI is InChI=1S/C19H23BrN2O3/c1-11(13-7-5-6-10-16(13)20)21-17(23)12(2)22-18(24)14-8-3-4-9-15(14)19(22)25/h5-7,10-12,14-15H,3-4,8-9H2,1-2H3,(H,21,23). The van der Waals surface area contributed by atoms with Gasteiger partial charge in [0.05, 0.1) is 17.9 Å². The summed E-state index contributed by atoms with van der Waals surface area (Å²) in [6, 6.07) is 6.66. The first-order valence-electron chi connectivity index (χ1n) is 8.83. The van der Waals surface area contributed by atoms with Gasteiger partial charge in [0.1, 0.15) is 6.04 Å².